The van der Waals surface area contributed by atoms with Gasteiger partial charge in [0.2, 0.25) is 0 Å². The van der Waals surface area contributed by atoms with Gasteiger partial charge in [0.05, 0.1) is 24.4 Å². The predicted molar refractivity (Wildman–Crippen MR) is 113 cm³/mol. The Bertz CT molecular complexity index is 1090. The molecule has 3 aromatic rings. The van der Waals surface area contributed by atoms with Gasteiger partial charge >= 0.3 is 0 Å². The minimum Gasteiger partial charge on any atom is -0.493 e. The molecule has 0 atom stereocenters. The number of nitrogens with zero attached hydrogens (tertiary/aromatic N) is 2. The van der Waals surface area contributed by atoms with Gasteiger partial charge < -0.3 is 9.47 Å². The van der Waals surface area contributed by atoms with Crippen molar-refractivity contribution in [2.75, 3.05) is 13.7 Å². The molecule has 3 rings (SSSR count). The van der Waals surface area contributed by atoms with Gasteiger partial charge in [-0.15, -0.1) is 0 Å². The van der Waals surface area contributed by atoms with E-state index in [1.807, 2.05) is 31.2 Å². The zero-order chi connectivity index (χ0) is 20.3. The summed E-state index contributed by atoms with van der Waals surface area (Å²) in [6.45, 7) is 6.67. The molecule has 0 aliphatic rings. The monoisotopic (exact) mass is 398 g/mol. The standard InChI is InChI=1S/C22H23ClN2O3/c1-14(2)13-28-20-10-16(6-7-19(20)27-4)9-17(23)18-11-22(26)25-12-15(3)5-8-21(25)24-18/h5-12,14H,13H2,1-4H3/b17-9-. The summed E-state index contributed by atoms with van der Waals surface area (Å²) in [7, 11) is 1.61. The second kappa shape index (κ2) is 8.48. The Hall–Kier alpha value is -2.79. The predicted octanol–water partition coefficient (Wildman–Crippen LogP) is 4.78. The van der Waals surface area contributed by atoms with Gasteiger partial charge in [-0.25, -0.2) is 4.98 Å². The summed E-state index contributed by atoms with van der Waals surface area (Å²) in [6.07, 6.45) is 3.52. The molecular weight excluding hydrogens is 376 g/mol. The van der Waals surface area contributed by atoms with Crippen LogP contribution in [-0.2, 0) is 0 Å². The lowest BCUT2D eigenvalue weighted by Gasteiger charge is -2.13. The van der Waals surface area contributed by atoms with Gasteiger partial charge in [0.25, 0.3) is 5.56 Å². The smallest absolute Gasteiger partial charge is 0.258 e. The molecule has 0 fully saturated rings. The van der Waals surface area contributed by atoms with E-state index in [9.17, 15) is 4.79 Å². The average molecular weight is 399 g/mol. The number of hydrogen-bond acceptors (Lipinski definition) is 4. The van der Waals surface area contributed by atoms with Crippen LogP contribution in [0.3, 0.4) is 0 Å². The number of benzene rings is 1. The maximum absolute atomic E-state index is 12.4. The number of fused-ring (bicyclic) bond motifs is 1. The number of pyridine rings is 1. The average Bonchev–Trinajstić information content (AvgIpc) is 2.66. The summed E-state index contributed by atoms with van der Waals surface area (Å²) in [5.41, 5.74) is 2.62. The Balaban J connectivity index is 1.97. The Morgan fingerprint density at radius 1 is 1.21 bits per heavy atom. The van der Waals surface area contributed by atoms with Crippen LogP contribution >= 0.6 is 11.6 Å². The number of hydrogen-bond donors (Lipinski definition) is 0. The third-order valence-corrected chi connectivity index (χ3v) is 4.41. The molecule has 0 N–H and O–H groups in total. The van der Waals surface area contributed by atoms with Gasteiger partial charge in [0.15, 0.2) is 11.5 Å². The number of rotatable bonds is 6. The fourth-order valence-corrected chi connectivity index (χ4v) is 2.93. The topological polar surface area (TPSA) is 52.8 Å². The van der Waals surface area contributed by atoms with Crippen LogP contribution in [-0.4, -0.2) is 23.1 Å². The molecule has 0 spiro atoms. The van der Waals surface area contributed by atoms with E-state index in [1.165, 1.54) is 10.5 Å². The molecule has 0 amide bonds. The fourth-order valence-electron chi connectivity index (χ4n) is 2.70. The molecule has 2 heterocycles. The molecule has 5 nitrogen and oxygen atoms in total. The zero-order valence-electron chi connectivity index (χ0n) is 16.4. The van der Waals surface area contributed by atoms with Crippen LogP contribution in [0.2, 0.25) is 0 Å². The first kappa shape index (κ1) is 20.0. The minimum atomic E-state index is -0.175. The van der Waals surface area contributed by atoms with Crippen molar-refractivity contribution in [3.05, 3.63) is 69.8 Å². The lowest BCUT2D eigenvalue weighted by molar-refractivity contribution is 0.257. The summed E-state index contributed by atoms with van der Waals surface area (Å²) in [5.74, 6) is 1.70. The second-order valence-corrected chi connectivity index (χ2v) is 7.43. The van der Waals surface area contributed by atoms with Crippen molar-refractivity contribution in [2.24, 2.45) is 5.92 Å². The summed E-state index contributed by atoms with van der Waals surface area (Å²) < 4.78 is 12.7. The van der Waals surface area contributed by atoms with Crippen LogP contribution in [0.4, 0.5) is 0 Å². The molecule has 1 aromatic carbocycles. The van der Waals surface area contributed by atoms with Crippen LogP contribution in [0.1, 0.15) is 30.7 Å². The maximum Gasteiger partial charge on any atom is 0.258 e. The molecule has 0 radical (unpaired) electrons. The molecule has 0 aliphatic carbocycles. The molecule has 2 aromatic heterocycles. The third-order valence-electron chi connectivity index (χ3n) is 4.11. The minimum absolute atomic E-state index is 0.175. The van der Waals surface area contributed by atoms with E-state index in [2.05, 4.69) is 18.8 Å². The first-order valence-corrected chi connectivity index (χ1v) is 9.43. The number of aromatic nitrogens is 2. The van der Waals surface area contributed by atoms with E-state index in [-0.39, 0.29) is 5.56 Å². The van der Waals surface area contributed by atoms with Gasteiger partial charge in [-0.2, -0.15) is 0 Å². The quantitative estimate of drug-likeness (QED) is 0.599. The van der Waals surface area contributed by atoms with E-state index < -0.39 is 0 Å². The lowest BCUT2D eigenvalue weighted by Crippen LogP contribution is -2.15. The Morgan fingerprint density at radius 3 is 2.71 bits per heavy atom. The second-order valence-electron chi connectivity index (χ2n) is 7.02. The fraction of sp³-hybridized carbons (Fsp3) is 0.273. The van der Waals surface area contributed by atoms with Crippen LogP contribution in [0.25, 0.3) is 16.8 Å². The van der Waals surface area contributed by atoms with Crippen molar-refractivity contribution in [3.8, 4) is 11.5 Å². The van der Waals surface area contributed by atoms with E-state index in [0.29, 0.717) is 40.4 Å². The molecule has 0 saturated heterocycles. The van der Waals surface area contributed by atoms with E-state index in [1.54, 1.807) is 25.4 Å². The SMILES string of the molecule is COc1ccc(/C=C(\Cl)c2cc(=O)n3cc(C)ccc3n2)cc1OCC(C)C. The van der Waals surface area contributed by atoms with Crippen molar-refractivity contribution in [2.45, 2.75) is 20.8 Å². The molecule has 0 unspecified atom stereocenters. The van der Waals surface area contributed by atoms with Gasteiger partial charge in [-0.1, -0.05) is 37.6 Å². The van der Waals surface area contributed by atoms with E-state index in [0.717, 1.165) is 11.1 Å². The van der Waals surface area contributed by atoms with E-state index in [4.69, 9.17) is 21.1 Å². The highest BCUT2D eigenvalue weighted by Crippen LogP contribution is 2.30. The number of ether oxygens (including phenoxy) is 2. The maximum atomic E-state index is 12.4. The van der Waals surface area contributed by atoms with Crippen molar-refractivity contribution < 1.29 is 9.47 Å². The van der Waals surface area contributed by atoms with Crippen molar-refractivity contribution in [1.82, 2.24) is 9.38 Å². The highest BCUT2D eigenvalue weighted by atomic mass is 35.5. The first-order chi connectivity index (χ1) is 13.4. The van der Waals surface area contributed by atoms with Crippen molar-refractivity contribution in [3.63, 3.8) is 0 Å². The molecule has 0 aliphatic heterocycles. The lowest BCUT2D eigenvalue weighted by atomic mass is 10.1. The highest BCUT2D eigenvalue weighted by Gasteiger charge is 2.09. The summed E-state index contributed by atoms with van der Waals surface area (Å²) in [4.78, 5) is 16.9. The summed E-state index contributed by atoms with van der Waals surface area (Å²) in [6, 6.07) is 10.7. The first-order valence-electron chi connectivity index (χ1n) is 9.06. The van der Waals surface area contributed by atoms with Gasteiger partial charge in [0.1, 0.15) is 5.65 Å². The van der Waals surface area contributed by atoms with Crippen LogP contribution in [0.15, 0.2) is 47.4 Å². The summed E-state index contributed by atoms with van der Waals surface area (Å²) >= 11 is 6.48. The van der Waals surface area contributed by atoms with Crippen molar-refractivity contribution >= 4 is 28.4 Å². The highest BCUT2D eigenvalue weighted by molar-refractivity contribution is 6.51. The normalized spacial score (nSPS) is 11.9. The zero-order valence-corrected chi connectivity index (χ0v) is 17.2. The summed E-state index contributed by atoms with van der Waals surface area (Å²) in [5, 5.41) is 0.375. The molecule has 0 bridgehead atoms. The van der Waals surface area contributed by atoms with Crippen molar-refractivity contribution in [1.29, 1.82) is 0 Å². The third kappa shape index (κ3) is 4.54. The number of halogens is 1. The molecule has 146 valence electrons. The molecule has 0 saturated carbocycles. The number of methoxy groups -OCH3 is 1. The van der Waals surface area contributed by atoms with Gasteiger partial charge in [-0.3, -0.25) is 9.20 Å². The largest absolute Gasteiger partial charge is 0.493 e. The molecular formula is C22H23ClN2O3. The van der Waals surface area contributed by atoms with E-state index >= 15 is 0 Å². The number of aryl methyl sites for hydroxylation is 1. The van der Waals surface area contributed by atoms with Crippen LogP contribution in [0.5, 0.6) is 11.5 Å². The Labute approximate surface area is 169 Å². The van der Waals surface area contributed by atoms with Gasteiger partial charge in [-0.05, 0) is 48.2 Å². The van der Waals surface area contributed by atoms with Crippen LogP contribution < -0.4 is 15.0 Å². The van der Waals surface area contributed by atoms with Crippen LogP contribution in [0, 0.1) is 12.8 Å². The Morgan fingerprint density at radius 2 is 2.00 bits per heavy atom. The van der Waals surface area contributed by atoms with Gasteiger partial charge in [0, 0.05) is 12.3 Å². The Kier molecular flexibility index (Phi) is 6.05. The molecule has 6 heteroatoms. The molecule has 28 heavy (non-hydrogen) atoms.